The Morgan fingerprint density at radius 3 is 2.00 bits per heavy atom. The van der Waals surface area contributed by atoms with Crippen LogP contribution in [0.15, 0.2) is 0 Å². The molecule has 44 valence electrons. The zero-order valence-corrected chi connectivity index (χ0v) is 5.77. The Morgan fingerprint density at radius 2 is 2.00 bits per heavy atom. The highest BCUT2D eigenvalue weighted by Gasteiger charge is 1.93. The van der Waals surface area contributed by atoms with E-state index < -0.39 is 10.0 Å². The fraction of sp³-hybridized carbons (Fsp3) is 1.00. The molecule has 0 radical (unpaired) electrons. The van der Waals surface area contributed by atoms with Crippen LogP contribution >= 0.6 is 11.9 Å². The zero-order chi connectivity index (χ0) is 5.91. The van der Waals surface area contributed by atoms with Gasteiger partial charge in [0.05, 0.1) is 6.26 Å². The minimum Gasteiger partial charge on any atom is -0.212 e. The van der Waals surface area contributed by atoms with Gasteiger partial charge in [-0.1, -0.05) is 11.9 Å². The molecular weight excluding hydrogens is 134 g/mol. The van der Waals surface area contributed by atoms with Crippen LogP contribution in [-0.4, -0.2) is 20.9 Å². The van der Waals surface area contributed by atoms with Gasteiger partial charge in [-0.05, 0) is 6.26 Å². The van der Waals surface area contributed by atoms with Gasteiger partial charge in [0.15, 0.2) is 0 Å². The zero-order valence-electron chi connectivity index (χ0n) is 4.13. The van der Waals surface area contributed by atoms with E-state index in [-0.39, 0.29) is 0 Å². The molecule has 0 heterocycles. The van der Waals surface area contributed by atoms with Crippen molar-refractivity contribution in [2.24, 2.45) is 0 Å². The molecule has 0 saturated heterocycles. The summed E-state index contributed by atoms with van der Waals surface area (Å²) in [5.74, 6) is 0. The summed E-state index contributed by atoms with van der Waals surface area (Å²) in [6.07, 6.45) is 2.77. The third-order valence-corrected chi connectivity index (χ3v) is 2.11. The monoisotopic (exact) mass is 141 g/mol. The lowest BCUT2D eigenvalue weighted by Gasteiger charge is -1.90. The summed E-state index contributed by atoms with van der Waals surface area (Å²) < 4.78 is 22.4. The molecule has 3 nitrogen and oxygen atoms in total. The van der Waals surface area contributed by atoms with Gasteiger partial charge in [-0.3, -0.25) is 0 Å². The molecule has 1 N–H and O–H groups in total. The van der Waals surface area contributed by atoms with Crippen LogP contribution < -0.4 is 4.13 Å². The van der Waals surface area contributed by atoms with Crippen LogP contribution in [0.2, 0.25) is 0 Å². The molecule has 0 rings (SSSR count). The van der Waals surface area contributed by atoms with Crippen molar-refractivity contribution < 1.29 is 8.42 Å². The van der Waals surface area contributed by atoms with Crippen molar-refractivity contribution in [3.63, 3.8) is 0 Å². The summed E-state index contributed by atoms with van der Waals surface area (Å²) in [5.41, 5.74) is 0. The Balaban J connectivity index is 3.60. The van der Waals surface area contributed by atoms with Crippen LogP contribution in [0.25, 0.3) is 0 Å². The van der Waals surface area contributed by atoms with E-state index in [0.29, 0.717) is 0 Å². The molecule has 0 amide bonds. The van der Waals surface area contributed by atoms with Crippen LogP contribution in [0.4, 0.5) is 0 Å². The Bertz CT molecular complexity index is 127. The van der Waals surface area contributed by atoms with E-state index >= 15 is 0 Å². The van der Waals surface area contributed by atoms with Gasteiger partial charge in [0, 0.05) is 0 Å². The minimum absolute atomic E-state index is 1.07. The van der Waals surface area contributed by atoms with Gasteiger partial charge in [-0.2, -0.15) is 4.13 Å². The Labute approximate surface area is 47.7 Å². The first-order chi connectivity index (χ1) is 3.06. The number of nitrogens with one attached hydrogen (secondary N) is 1. The topological polar surface area (TPSA) is 46.2 Å². The van der Waals surface area contributed by atoms with Crippen LogP contribution in [0.3, 0.4) is 0 Å². The molecule has 0 fully saturated rings. The molecule has 0 atom stereocenters. The molecule has 0 aliphatic rings. The molecule has 0 aromatic heterocycles. The van der Waals surface area contributed by atoms with Gasteiger partial charge in [0.25, 0.3) is 0 Å². The first-order valence-electron chi connectivity index (χ1n) is 1.56. The minimum atomic E-state index is -2.96. The summed E-state index contributed by atoms with van der Waals surface area (Å²) >= 11 is 1.07. The van der Waals surface area contributed by atoms with Crippen molar-refractivity contribution in [1.82, 2.24) is 4.13 Å². The van der Waals surface area contributed by atoms with E-state index in [2.05, 4.69) is 4.13 Å². The van der Waals surface area contributed by atoms with E-state index in [4.69, 9.17) is 0 Å². The highest BCUT2D eigenvalue weighted by Crippen LogP contribution is 1.84. The number of hydrogen-bond donors (Lipinski definition) is 1. The lowest BCUT2D eigenvalue weighted by atomic mass is 12.0. The Morgan fingerprint density at radius 1 is 1.57 bits per heavy atom. The molecule has 0 aliphatic heterocycles. The van der Waals surface area contributed by atoms with Gasteiger partial charge < -0.3 is 0 Å². The second-order valence-electron chi connectivity index (χ2n) is 1.06. The van der Waals surface area contributed by atoms with Crippen molar-refractivity contribution in [2.45, 2.75) is 0 Å². The second-order valence-corrected chi connectivity index (χ2v) is 3.68. The molecule has 0 unspecified atom stereocenters. The molecule has 0 saturated carbocycles. The van der Waals surface area contributed by atoms with Crippen molar-refractivity contribution in [3.8, 4) is 0 Å². The first-order valence-corrected chi connectivity index (χ1v) is 4.67. The average Bonchev–Trinajstić information content (AvgIpc) is 1.30. The highest BCUT2D eigenvalue weighted by atomic mass is 32.3. The number of hydrogen-bond acceptors (Lipinski definition) is 3. The number of sulfonamides is 1. The Hall–Kier alpha value is 0.260. The predicted octanol–water partition coefficient (Wildman–Crippen LogP) is -0.186. The van der Waals surface area contributed by atoms with E-state index in [1.165, 1.54) is 0 Å². The lowest BCUT2D eigenvalue weighted by molar-refractivity contribution is 0.600. The standard InChI is InChI=1S/C2H7NO2S2/c1-6-3-7(2,4)5/h3H,1-2H3. The van der Waals surface area contributed by atoms with E-state index in [9.17, 15) is 8.42 Å². The molecular formula is C2H7NO2S2. The van der Waals surface area contributed by atoms with E-state index in [1.807, 2.05) is 0 Å². The molecule has 0 aliphatic carbocycles. The number of rotatable bonds is 2. The molecule has 0 spiro atoms. The highest BCUT2D eigenvalue weighted by molar-refractivity contribution is 8.08. The fourth-order valence-corrected chi connectivity index (χ4v) is 1.36. The van der Waals surface area contributed by atoms with E-state index in [1.54, 1.807) is 6.26 Å². The molecule has 0 aromatic carbocycles. The summed E-state index contributed by atoms with van der Waals surface area (Å²) in [5, 5.41) is 0. The van der Waals surface area contributed by atoms with Gasteiger partial charge in [-0.25, -0.2) is 8.42 Å². The predicted molar refractivity (Wildman–Crippen MR) is 31.5 cm³/mol. The molecule has 7 heavy (non-hydrogen) atoms. The summed E-state index contributed by atoms with van der Waals surface area (Å²) in [4.78, 5) is 0. The maximum atomic E-state index is 10.1. The van der Waals surface area contributed by atoms with Crippen LogP contribution in [0.5, 0.6) is 0 Å². The van der Waals surface area contributed by atoms with Crippen molar-refractivity contribution in [3.05, 3.63) is 0 Å². The van der Waals surface area contributed by atoms with Gasteiger partial charge in [0.2, 0.25) is 10.0 Å². The normalized spacial score (nSPS) is 11.7. The third kappa shape index (κ3) is 6.26. The quantitative estimate of drug-likeness (QED) is 0.542. The van der Waals surface area contributed by atoms with Crippen molar-refractivity contribution >= 4 is 22.0 Å². The molecule has 0 aromatic rings. The average molecular weight is 141 g/mol. The maximum Gasteiger partial charge on any atom is 0.217 e. The van der Waals surface area contributed by atoms with Crippen LogP contribution in [0, 0.1) is 0 Å². The van der Waals surface area contributed by atoms with Gasteiger partial charge >= 0.3 is 0 Å². The first kappa shape index (κ1) is 7.26. The summed E-state index contributed by atoms with van der Waals surface area (Å²) in [6.45, 7) is 0. The Kier molecular flexibility index (Phi) is 2.63. The molecule has 0 bridgehead atoms. The van der Waals surface area contributed by atoms with E-state index in [0.717, 1.165) is 18.2 Å². The summed E-state index contributed by atoms with van der Waals surface area (Å²) in [6, 6.07) is 0. The summed E-state index contributed by atoms with van der Waals surface area (Å²) in [7, 11) is -2.96. The molecule has 5 heteroatoms. The van der Waals surface area contributed by atoms with Crippen LogP contribution in [-0.2, 0) is 10.0 Å². The fourth-order valence-electron chi connectivity index (χ4n) is 0.151. The van der Waals surface area contributed by atoms with Crippen LogP contribution in [0.1, 0.15) is 0 Å². The largest absolute Gasteiger partial charge is 0.217 e. The second kappa shape index (κ2) is 2.54. The van der Waals surface area contributed by atoms with Crippen molar-refractivity contribution in [2.75, 3.05) is 12.5 Å². The lowest BCUT2D eigenvalue weighted by Crippen LogP contribution is -2.12. The smallest absolute Gasteiger partial charge is 0.212 e. The van der Waals surface area contributed by atoms with Gasteiger partial charge in [0.1, 0.15) is 0 Å². The van der Waals surface area contributed by atoms with Crippen molar-refractivity contribution in [1.29, 1.82) is 0 Å². The SMILES string of the molecule is CSNS(C)(=O)=O. The van der Waals surface area contributed by atoms with Gasteiger partial charge in [-0.15, -0.1) is 0 Å². The maximum absolute atomic E-state index is 10.1. The third-order valence-electron chi connectivity index (χ3n) is 0.235.